The van der Waals surface area contributed by atoms with Crippen molar-refractivity contribution in [1.82, 2.24) is 30.5 Å². The molecule has 132 valence electrons. The number of nitrogens with two attached hydrogens (primary N) is 1. The van der Waals surface area contributed by atoms with Gasteiger partial charge in [0.1, 0.15) is 17.9 Å². The summed E-state index contributed by atoms with van der Waals surface area (Å²) in [6.07, 6.45) is 3.27. The molecular weight excluding hydrogens is 326 g/mol. The summed E-state index contributed by atoms with van der Waals surface area (Å²) < 4.78 is 0. The number of anilines is 1. The lowest BCUT2D eigenvalue weighted by atomic mass is 9.94. The number of aryl methyl sites for hydroxylation is 1. The average Bonchev–Trinajstić information content (AvgIpc) is 3.01. The molecule has 2 heterocycles. The lowest BCUT2D eigenvalue weighted by molar-refractivity contribution is -0.136. The molecule has 0 aliphatic heterocycles. The van der Waals surface area contributed by atoms with Gasteiger partial charge in [0.25, 0.3) is 5.91 Å². The van der Waals surface area contributed by atoms with Gasteiger partial charge >= 0.3 is 5.97 Å². The second-order valence-corrected chi connectivity index (χ2v) is 5.97. The zero-order chi connectivity index (χ0) is 18.0. The summed E-state index contributed by atoms with van der Waals surface area (Å²) in [4.78, 5) is 35.7. The monoisotopic (exact) mass is 345 g/mol. The average molecular weight is 345 g/mol. The molecular formula is C15H19N7O3. The van der Waals surface area contributed by atoms with Gasteiger partial charge in [-0.15, -0.1) is 0 Å². The highest BCUT2D eigenvalue weighted by atomic mass is 16.4. The van der Waals surface area contributed by atoms with E-state index in [9.17, 15) is 9.59 Å². The van der Waals surface area contributed by atoms with Gasteiger partial charge in [0.15, 0.2) is 5.82 Å². The van der Waals surface area contributed by atoms with Crippen LogP contribution in [0.2, 0.25) is 0 Å². The van der Waals surface area contributed by atoms with E-state index in [4.69, 9.17) is 10.8 Å². The number of carbonyl (C=O) groups is 2. The van der Waals surface area contributed by atoms with Gasteiger partial charge in [-0.05, 0) is 32.6 Å². The summed E-state index contributed by atoms with van der Waals surface area (Å²) in [7, 11) is 0. The summed E-state index contributed by atoms with van der Waals surface area (Å²) in [5.74, 6) is -0.764. The van der Waals surface area contributed by atoms with Crippen LogP contribution in [0.3, 0.4) is 0 Å². The number of nitrogen functional groups attached to an aromatic ring is 1. The van der Waals surface area contributed by atoms with Crippen LogP contribution in [0.15, 0.2) is 0 Å². The second kappa shape index (κ2) is 6.83. The normalized spacial score (nSPS) is 14.6. The van der Waals surface area contributed by atoms with Crippen LogP contribution >= 0.6 is 0 Å². The Morgan fingerprint density at radius 1 is 1.28 bits per heavy atom. The first-order valence-electron chi connectivity index (χ1n) is 8.03. The predicted molar refractivity (Wildman–Crippen MR) is 86.7 cm³/mol. The number of aliphatic carboxylic acids is 1. The van der Waals surface area contributed by atoms with E-state index < -0.39 is 12.0 Å². The smallest absolute Gasteiger partial charge is 0.311 e. The third kappa shape index (κ3) is 3.73. The molecule has 10 heteroatoms. The van der Waals surface area contributed by atoms with Crippen LogP contribution < -0.4 is 11.1 Å². The first kappa shape index (κ1) is 16.8. The van der Waals surface area contributed by atoms with Gasteiger partial charge in [0.05, 0.1) is 6.04 Å². The van der Waals surface area contributed by atoms with E-state index in [-0.39, 0.29) is 29.8 Å². The largest absolute Gasteiger partial charge is 0.481 e. The minimum Gasteiger partial charge on any atom is -0.481 e. The Morgan fingerprint density at radius 2 is 2.04 bits per heavy atom. The first-order valence-corrected chi connectivity index (χ1v) is 8.03. The standard InChI is InChI=1S/C15H19N7O3/c1-7(13-19-10(21-22-13)6-11(23)24)17-14(25)12-8-4-2-3-5-9(8)18-15(16)20-12/h7H,2-6H2,1H3,(H,17,25)(H,23,24)(H2,16,18,20)(H,19,21,22). The number of carbonyl (C=O) groups excluding carboxylic acids is 1. The molecule has 25 heavy (non-hydrogen) atoms. The Labute approximate surface area is 143 Å². The number of nitrogens with zero attached hydrogens (tertiary/aromatic N) is 4. The molecule has 0 bridgehead atoms. The maximum Gasteiger partial charge on any atom is 0.311 e. The van der Waals surface area contributed by atoms with Crippen LogP contribution in [0.25, 0.3) is 0 Å². The minimum absolute atomic E-state index is 0.0834. The number of carboxylic acid groups (broad SMARTS) is 1. The Morgan fingerprint density at radius 3 is 2.80 bits per heavy atom. The van der Waals surface area contributed by atoms with Crippen molar-refractivity contribution in [2.75, 3.05) is 5.73 Å². The number of H-pyrrole nitrogens is 1. The van der Waals surface area contributed by atoms with Crippen molar-refractivity contribution < 1.29 is 14.7 Å². The highest BCUT2D eigenvalue weighted by Crippen LogP contribution is 2.23. The molecule has 0 fully saturated rings. The molecule has 0 saturated heterocycles. The number of aromatic amines is 1. The van der Waals surface area contributed by atoms with Crippen molar-refractivity contribution in [2.24, 2.45) is 0 Å². The van der Waals surface area contributed by atoms with Crippen molar-refractivity contribution in [2.45, 2.75) is 45.1 Å². The number of hydrogen-bond acceptors (Lipinski definition) is 7. The zero-order valence-electron chi connectivity index (χ0n) is 13.7. The summed E-state index contributed by atoms with van der Waals surface area (Å²) in [5, 5.41) is 18.0. The summed E-state index contributed by atoms with van der Waals surface area (Å²) in [6, 6.07) is -0.512. The third-order valence-electron chi connectivity index (χ3n) is 4.02. The number of fused-ring (bicyclic) bond motifs is 1. The fourth-order valence-corrected chi connectivity index (χ4v) is 2.86. The SMILES string of the molecule is CC(NC(=O)c1nc(N)nc2c1CCCC2)c1n[nH]c(CC(=O)O)n1. The molecule has 5 N–H and O–H groups in total. The quantitative estimate of drug-likeness (QED) is 0.596. The van der Waals surface area contributed by atoms with Crippen LogP contribution in [-0.4, -0.2) is 42.1 Å². The fourth-order valence-electron chi connectivity index (χ4n) is 2.86. The molecule has 0 aromatic carbocycles. The van der Waals surface area contributed by atoms with Gasteiger partial charge in [0, 0.05) is 11.3 Å². The minimum atomic E-state index is -1.01. The molecule has 1 aliphatic rings. The second-order valence-electron chi connectivity index (χ2n) is 5.97. The summed E-state index contributed by atoms with van der Waals surface area (Å²) in [6.45, 7) is 1.71. The van der Waals surface area contributed by atoms with Gasteiger partial charge in [-0.3, -0.25) is 14.7 Å². The van der Waals surface area contributed by atoms with Crippen LogP contribution in [-0.2, 0) is 24.1 Å². The number of hydrogen-bond donors (Lipinski definition) is 4. The molecule has 1 amide bonds. The van der Waals surface area contributed by atoms with Gasteiger partial charge < -0.3 is 16.2 Å². The van der Waals surface area contributed by atoms with E-state index in [0.29, 0.717) is 5.82 Å². The molecule has 1 unspecified atom stereocenters. The number of carboxylic acids is 1. The zero-order valence-corrected chi connectivity index (χ0v) is 13.7. The van der Waals surface area contributed by atoms with E-state index in [1.54, 1.807) is 6.92 Å². The Kier molecular flexibility index (Phi) is 4.59. The van der Waals surface area contributed by atoms with Gasteiger partial charge in [0.2, 0.25) is 5.95 Å². The van der Waals surface area contributed by atoms with E-state index >= 15 is 0 Å². The number of rotatable bonds is 5. The summed E-state index contributed by atoms with van der Waals surface area (Å²) >= 11 is 0. The Bertz CT molecular complexity index is 817. The van der Waals surface area contributed by atoms with E-state index in [1.807, 2.05) is 0 Å². The molecule has 0 saturated carbocycles. The van der Waals surface area contributed by atoms with Gasteiger partial charge in [-0.2, -0.15) is 5.10 Å². The Balaban J connectivity index is 1.77. The van der Waals surface area contributed by atoms with E-state index in [2.05, 4.69) is 30.5 Å². The predicted octanol–water partition coefficient (Wildman–Crippen LogP) is 0.174. The molecule has 2 aromatic heterocycles. The van der Waals surface area contributed by atoms with Crippen molar-refractivity contribution in [3.05, 3.63) is 28.6 Å². The maximum absolute atomic E-state index is 12.6. The fraction of sp³-hybridized carbons (Fsp3) is 0.467. The number of amides is 1. The molecule has 0 radical (unpaired) electrons. The van der Waals surface area contributed by atoms with E-state index in [0.717, 1.165) is 36.9 Å². The molecule has 2 aromatic rings. The van der Waals surface area contributed by atoms with Crippen molar-refractivity contribution in [3.8, 4) is 0 Å². The molecule has 10 nitrogen and oxygen atoms in total. The lowest BCUT2D eigenvalue weighted by Gasteiger charge is -2.18. The highest BCUT2D eigenvalue weighted by molar-refractivity contribution is 5.94. The van der Waals surface area contributed by atoms with Crippen molar-refractivity contribution in [1.29, 1.82) is 0 Å². The molecule has 1 aliphatic carbocycles. The van der Waals surface area contributed by atoms with Crippen LogP contribution in [0.4, 0.5) is 5.95 Å². The first-order chi connectivity index (χ1) is 11.9. The highest BCUT2D eigenvalue weighted by Gasteiger charge is 2.24. The summed E-state index contributed by atoms with van der Waals surface area (Å²) in [5.41, 5.74) is 7.68. The van der Waals surface area contributed by atoms with Crippen LogP contribution in [0.1, 0.15) is 59.2 Å². The molecule has 3 rings (SSSR count). The third-order valence-corrected chi connectivity index (χ3v) is 4.02. The lowest BCUT2D eigenvalue weighted by Crippen LogP contribution is -2.30. The Hall–Kier alpha value is -3.04. The van der Waals surface area contributed by atoms with Crippen LogP contribution in [0, 0.1) is 0 Å². The van der Waals surface area contributed by atoms with Gasteiger partial charge in [-0.25, -0.2) is 15.0 Å². The maximum atomic E-state index is 12.6. The van der Waals surface area contributed by atoms with E-state index in [1.165, 1.54) is 0 Å². The van der Waals surface area contributed by atoms with Crippen molar-refractivity contribution >= 4 is 17.8 Å². The van der Waals surface area contributed by atoms with Crippen molar-refractivity contribution in [3.63, 3.8) is 0 Å². The van der Waals surface area contributed by atoms with Crippen LogP contribution in [0.5, 0.6) is 0 Å². The number of aromatic nitrogens is 5. The number of nitrogens with one attached hydrogen (secondary N) is 2. The topological polar surface area (TPSA) is 160 Å². The van der Waals surface area contributed by atoms with Gasteiger partial charge in [-0.1, -0.05) is 0 Å². The molecule has 1 atom stereocenters. The molecule has 0 spiro atoms.